The van der Waals surface area contributed by atoms with Gasteiger partial charge in [0.15, 0.2) is 0 Å². The van der Waals surface area contributed by atoms with Crippen LogP contribution in [0.4, 0.5) is 0 Å². The number of nitrogens with one attached hydrogen (secondary N) is 1. The molecule has 0 fully saturated rings. The van der Waals surface area contributed by atoms with Crippen LogP contribution in [0.3, 0.4) is 0 Å². The van der Waals surface area contributed by atoms with Crippen molar-refractivity contribution in [1.82, 2.24) is 15.1 Å². The maximum absolute atomic E-state index is 6.08. The first kappa shape index (κ1) is 15.1. The van der Waals surface area contributed by atoms with E-state index in [-0.39, 0.29) is 6.04 Å². The van der Waals surface area contributed by atoms with Gasteiger partial charge in [0.25, 0.3) is 0 Å². The molecule has 0 saturated carbocycles. The van der Waals surface area contributed by atoms with Crippen LogP contribution in [0, 0.1) is 13.8 Å². The van der Waals surface area contributed by atoms with E-state index in [0.717, 1.165) is 30.2 Å². The van der Waals surface area contributed by atoms with Crippen LogP contribution in [0.25, 0.3) is 0 Å². The van der Waals surface area contributed by atoms with E-state index in [0.29, 0.717) is 0 Å². The SMILES string of the molecule is CCCNC(Cn1ncc(Cl)c1C)c1ccc(C)cc1. The van der Waals surface area contributed by atoms with Crippen molar-refractivity contribution in [3.8, 4) is 0 Å². The molecule has 1 heterocycles. The first-order valence-corrected chi connectivity index (χ1v) is 7.47. The maximum atomic E-state index is 6.08. The number of rotatable bonds is 6. The highest BCUT2D eigenvalue weighted by atomic mass is 35.5. The van der Waals surface area contributed by atoms with Gasteiger partial charge in [-0.25, -0.2) is 0 Å². The molecule has 108 valence electrons. The number of hydrogen-bond acceptors (Lipinski definition) is 2. The zero-order chi connectivity index (χ0) is 14.5. The van der Waals surface area contributed by atoms with Crippen LogP contribution < -0.4 is 5.32 Å². The van der Waals surface area contributed by atoms with Crippen molar-refractivity contribution in [2.75, 3.05) is 6.54 Å². The van der Waals surface area contributed by atoms with E-state index < -0.39 is 0 Å². The summed E-state index contributed by atoms with van der Waals surface area (Å²) in [5.41, 5.74) is 3.58. The Labute approximate surface area is 126 Å². The summed E-state index contributed by atoms with van der Waals surface area (Å²) in [7, 11) is 0. The highest BCUT2D eigenvalue weighted by Gasteiger charge is 2.14. The second-order valence-corrected chi connectivity index (χ2v) is 5.58. The highest BCUT2D eigenvalue weighted by molar-refractivity contribution is 6.31. The highest BCUT2D eigenvalue weighted by Crippen LogP contribution is 2.19. The van der Waals surface area contributed by atoms with E-state index in [9.17, 15) is 0 Å². The molecule has 2 aromatic rings. The summed E-state index contributed by atoms with van der Waals surface area (Å²) in [6, 6.07) is 8.93. The minimum Gasteiger partial charge on any atom is -0.308 e. The Morgan fingerprint density at radius 1 is 1.25 bits per heavy atom. The van der Waals surface area contributed by atoms with Crippen LogP contribution >= 0.6 is 11.6 Å². The lowest BCUT2D eigenvalue weighted by Gasteiger charge is -2.20. The zero-order valence-electron chi connectivity index (χ0n) is 12.4. The molecule has 0 aliphatic carbocycles. The number of benzene rings is 1. The predicted molar refractivity (Wildman–Crippen MR) is 84.2 cm³/mol. The molecule has 1 N–H and O–H groups in total. The molecule has 0 aliphatic heterocycles. The minimum absolute atomic E-state index is 0.255. The van der Waals surface area contributed by atoms with Crippen LogP contribution in [0.5, 0.6) is 0 Å². The summed E-state index contributed by atoms with van der Waals surface area (Å²) in [4.78, 5) is 0. The molecule has 0 amide bonds. The molecule has 0 bridgehead atoms. The fourth-order valence-corrected chi connectivity index (χ4v) is 2.33. The largest absolute Gasteiger partial charge is 0.308 e. The van der Waals surface area contributed by atoms with E-state index in [2.05, 4.69) is 48.5 Å². The molecule has 2 rings (SSSR count). The maximum Gasteiger partial charge on any atom is 0.0814 e. The first-order chi connectivity index (χ1) is 9.61. The molecule has 20 heavy (non-hydrogen) atoms. The third kappa shape index (κ3) is 3.62. The van der Waals surface area contributed by atoms with Crippen molar-refractivity contribution in [3.05, 3.63) is 52.3 Å². The summed E-state index contributed by atoms with van der Waals surface area (Å²) in [5.74, 6) is 0. The van der Waals surface area contributed by atoms with Gasteiger partial charge in [-0.1, -0.05) is 48.4 Å². The number of aromatic nitrogens is 2. The van der Waals surface area contributed by atoms with Crippen molar-refractivity contribution in [2.24, 2.45) is 0 Å². The Morgan fingerprint density at radius 3 is 2.50 bits per heavy atom. The Kier molecular flexibility index (Phi) is 5.21. The van der Waals surface area contributed by atoms with Gasteiger partial charge in [-0.05, 0) is 32.4 Å². The number of halogens is 1. The Hall–Kier alpha value is -1.32. The predicted octanol–water partition coefficient (Wildman–Crippen LogP) is 3.89. The fourth-order valence-electron chi connectivity index (χ4n) is 2.19. The number of hydrogen-bond donors (Lipinski definition) is 1. The van der Waals surface area contributed by atoms with Gasteiger partial charge in [0, 0.05) is 0 Å². The van der Waals surface area contributed by atoms with E-state index in [1.807, 2.05) is 11.6 Å². The molecular weight excluding hydrogens is 270 g/mol. The average molecular weight is 292 g/mol. The molecule has 3 nitrogen and oxygen atoms in total. The van der Waals surface area contributed by atoms with Crippen molar-refractivity contribution in [1.29, 1.82) is 0 Å². The van der Waals surface area contributed by atoms with Crippen molar-refractivity contribution in [2.45, 2.75) is 39.8 Å². The Balaban J connectivity index is 2.19. The normalized spacial score (nSPS) is 12.6. The smallest absolute Gasteiger partial charge is 0.0814 e. The van der Waals surface area contributed by atoms with Gasteiger partial charge in [-0.2, -0.15) is 5.10 Å². The molecule has 0 radical (unpaired) electrons. The Morgan fingerprint density at radius 2 is 1.95 bits per heavy atom. The fraction of sp³-hybridized carbons (Fsp3) is 0.438. The molecular formula is C16H22ClN3. The lowest BCUT2D eigenvalue weighted by atomic mass is 10.0. The van der Waals surface area contributed by atoms with Gasteiger partial charge < -0.3 is 5.32 Å². The van der Waals surface area contributed by atoms with E-state index in [1.54, 1.807) is 6.20 Å². The zero-order valence-corrected chi connectivity index (χ0v) is 13.1. The van der Waals surface area contributed by atoms with Crippen molar-refractivity contribution >= 4 is 11.6 Å². The minimum atomic E-state index is 0.255. The molecule has 0 saturated heterocycles. The molecule has 4 heteroatoms. The summed E-state index contributed by atoms with van der Waals surface area (Å²) < 4.78 is 1.97. The number of nitrogens with zero attached hydrogens (tertiary/aromatic N) is 2. The molecule has 0 spiro atoms. The van der Waals surface area contributed by atoms with Crippen molar-refractivity contribution < 1.29 is 0 Å². The van der Waals surface area contributed by atoms with Gasteiger partial charge in [0.1, 0.15) is 0 Å². The first-order valence-electron chi connectivity index (χ1n) is 7.09. The summed E-state index contributed by atoms with van der Waals surface area (Å²) in [6.07, 6.45) is 2.82. The van der Waals surface area contributed by atoms with Gasteiger partial charge in [-0.15, -0.1) is 0 Å². The van der Waals surface area contributed by atoms with Gasteiger partial charge in [0.2, 0.25) is 0 Å². The molecule has 1 aromatic heterocycles. The lowest BCUT2D eigenvalue weighted by Crippen LogP contribution is -2.27. The van der Waals surface area contributed by atoms with Crippen LogP contribution in [0.15, 0.2) is 30.5 Å². The summed E-state index contributed by atoms with van der Waals surface area (Å²) in [6.45, 7) is 8.07. The second-order valence-electron chi connectivity index (χ2n) is 5.18. The van der Waals surface area contributed by atoms with Crippen molar-refractivity contribution in [3.63, 3.8) is 0 Å². The number of aryl methyl sites for hydroxylation is 1. The molecule has 1 atom stereocenters. The van der Waals surface area contributed by atoms with Crippen LogP contribution in [0.1, 0.15) is 36.2 Å². The average Bonchev–Trinajstić information content (AvgIpc) is 2.76. The topological polar surface area (TPSA) is 29.9 Å². The second kappa shape index (κ2) is 6.91. The van der Waals surface area contributed by atoms with Gasteiger partial charge >= 0.3 is 0 Å². The summed E-state index contributed by atoms with van der Waals surface area (Å²) in [5, 5.41) is 8.66. The van der Waals surface area contributed by atoms with Gasteiger partial charge in [-0.3, -0.25) is 4.68 Å². The van der Waals surface area contributed by atoms with E-state index in [4.69, 9.17) is 11.6 Å². The third-order valence-electron chi connectivity index (χ3n) is 3.52. The van der Waals surface area contributed by atoms with Crippen LogP contribution in [-0.4, -0.2) is 16.3 Å². The van der Waals surface area contributed by atoms with E-state index in [1.165, 1.54) is 11.1 Å². The summed E-state index contributed by atoms with van der Waals surface area (Å²) >= 11 is 6.08. The standard InChI is InChI=1S/C16H22ClN3/c1-4-9-18-16(14-7-5-12(2)6-8-14)11-20-13(3)15(17)10-19-20/h5-8,10,16,18H,4,9,11H2,1-3H3. The van der Waals surface area contributed by atoms with Crippen LogP contribution in [-0.2, 0) is 6.54 Å². The molecule has 1 aromatic carbocycles. The third-order valence-corrected chi connectivity index (χ3v) is 3.89. The monoisotopic (exact) mass is 291 g/mol. The molecule has 1 unspecified atom stereocenters. The van der Waals surface area contributed by atoms with E-state index >= 15 is 0 Å². The quantitative estimate of drug-likeness (QED) is 0.875. The Bertz CT molecular complexity index is 545. The molecule has 0 aliphatic rings. The van der Waals surface area contributed by atoms with Gasteiger partial charge in [0.05, 0.1) is 29.5 Å². The lowest BCUT2D eigenvalue weighted by molar-refractivity contribution is 0.433. The van der Waals surface area contributed by atoms with Crippen LogP contribution in [0.2, 0.25) is 5.02 Å².